The Labute approximate surface area is 303 Å². The van der Waals surface area contributed by atoms with Crippen molar-refractivity contribution in [2.24, 2.45) is 18.9 Å². The van der Waals surface area contributed by atoms with E-state index in [1.807, 2.05) is 0 Å². The van der Waals surface area contributed by atoms with Gasteiger partial charge in [0, 0.05) is 67.4 Å². The average molecular weight is 748 g/mol. The molecule has 3 aliphatic heterocycles. The summed E-state index contributed by atoms with van der Waals surface area (Å²) in [7, 11) is 1.60. The Balaban J connectivity index is 1.07. The summed E-state index contributed by atoms with van der Waals surface area (Å²) in [4.78, 5) is 39.8. The summed E-state index contributed by atoms with van der Waals surface area (Å²) < 4.78 is 89.3. The Hall–Kier alpha value is -4.53. The summed E-state index contributed by atoms with van der Waals surface area (Å²) in [5, 5.41) is 5.04. The van der Waals surface area contributed by atoms with Gasteiger partial charge < -0.3 is 19.5 Å². The minimum Gasteiger partial charge on any atom is -0.405 e. The van der Waals surface area contributed by atoms with Crippen molar-refractivity contribution in [3.05, 3.63) is 75.2 Å². The van der Waals surface area contributed by atoms with Gasteiger partial charge in [-0.2, -0.15) is 13.2 Å². The third-order valence-electron chi connectivity index (χ3n) is 11.0. The molecule has 3 fully saturated rings. The minimum atomic E-state index is -4.89. The largest absolute Gasteiger partial charge is 0.573 e. The Morgan fingerprint density at radius 3 is 2.13 bits per heavy atom. The fraction of sp³-hybridized carbons (Fsp3) is 0.500. The summed E-state index contributed by atoms with van der Waals surface area (Å²) in [5.74, 6) is -0.596. The third kappa shape index (κ3) is 8.82. The van der Waals surface area contributed by atoms with E-state index in [2.05, 4.69) is 20.3 Å². The smallest absolute Gasteiger partial charge is 0.405 e. The highest BCUT2D eigenvalue weighted by Gasteiger charge is 2.38. The van der Waals surface area contributed by atoms with Gasteiger partial charge in [0.15, 0.2) is 0 Å². The third-order valence-corrected chi connectivity index (χ3v) is 11.0. The van der Waals surface area contributed by atoms with Gasteiger partial charge in [-0.25, -0.2) is 0 Å². The Morgan fingerprint density at radius 2 is 1.51 bits per heavy atom. The second kappa shape index (κ2) is 15.1. The van der Waals surface area contributed by atoms with Crippen molar-refractivity contribution in [1.29, 1.82) is 0 Å². The summed E-state index contributed by atoms with van der Waals surface area (Å²) >= 11 is 0. The highest BCUT2D eigenvalue weighted by molar-refractivity contribution is 6.01. The molecule has 1 aromatic heterocycles. The minimum absolute atomic E-state index is 0.0871. The maximum Gasteiger partial charge on any atom is 0.573 e. The van der Waals surface area contributed by atoms with Crippen LogP contribution in [0.3, 0.4) is 0 Å². The number of benzene rings is 2. The Kier molecular flexibility index (Phi) is 10.9. The van der Waals surface area contributed by atoms with Crippen molar-refractivity contribution in [1.82, 2.24) is 14.8 Å². The van der Waals surface area contributed by atoms with Crippen LogP contribution in [0.2, 0.25) is 0 Å². The van der Waals surface area contributed by atoms with Crippen LogP contribution in [0, 0.1) is 25.7 Å². The highest BCUT2D eigenvalue weighted by Crippen LogP contribution is 2.42. The molecule has 15 heteroatoms. The van der Waals surface area contributed by atoms with Gasteiger partial charge in [0.2, 0.25) is 11.8 Å². The quantitative estimate of drug-likeness (QED) is 0.191. The zero-order valence-corrected chi connectivity index (χ0v) is 29.8. The molecule has 0 spiro atoms. The van der Waals surface area contributed by atoms with Crippen LogP contribution in [0.5, 0.6) is 5.75 Å². The van der Waals surface area contributed by atoms with Crippen molar-refractivity contribution >= 4 is 23.2 Å². The molecule has 2 aromatic carbocycles. The van der Waals surface area contributed by atoms with E-state index < -0.39 is 36.0 Å². The van der Waals surface area contributed by atoms with Crippen LogP contribution in [0.25, 0.3) is 11.1 Å². The zero-order chi connectivity index (χ0) is 38.2. The number of hydrogen-bond acceptors (Lipinski definition) is 7. The molecular formula is C38H43F6N5O4. The van der Waals surface area contributed by atoms with E-state index in [9.17, 15) is 40.7 Å². The second-order valence-electron chi connectivity index (χ2n) is 14.4. The number of aromatic nitrogens is 1. The molecule has 0 radical (unpaired) electrons. The van der Waals surface area contributed by atoms with E-state index in [0.29, 0.717) is 78.7 Å². The van der Waals surface area contributed by atoms with Crippen LogP contribution < -0.4 is 25.8 Å². The van der Waals surface area contributed by atoms with E-state index in [1.165, 1.54) is 22.8 Å². The van der Waals surface area contributed by atoms with Gasteiger partial charge in [0.05, 0.1) is 5.56 Å². The predicted octanol–water partition coefficient (Wildman–Crippen LogP) is 6.93. The molecule has 3 aliphatic rings. The van der Waals surface area contributed by atoms with Crippen molar-refractivity contribution < 1.29 is 40.7 Å². The topological polar surface area (TPSA) is 95.9 Å². The van der Waals surface area contributed by atoms with Crippen LogP contribution in [0.4, 0.5) is 37.7 Å². The number of likely N-dealkylation sites (tertiary alicyclic amines) is 1. The number of pyridine rings is 1. The first-order valence-corrected chi connectivity index (χ1v) is 17.8. The SMILES string of the molecule is Cc1c(-c2ccc(CN3CCC(C4CCN(c5ccc(NC6CCC(=O)NC6=O)cc5C(F)(F)F)CC4)CC3)c(OC(F)(F)F)c2)cn(C)c(=O)c1C. The predicted molar refractivity (Wildman–Crippen MR) is 187 cm³/mol. The highest BCUT2D eigenvalue weighted by atomic mass is 19.4. The summed E-state index contributed by atoms with van der Waals surface area (Å²) in [5.41, 5.74) is 2.03. The van der Waals surface area contributed by atoms with Crippen LogP contribution in [0.1, 0.15) is 60.8 Å². The molecular weight excluding hydrogens is 704 g/mol. The zero-order valence-electron chi connectivity index (χ0n) is 29.8. The molecule has 3 aromatic rings. The number of anilines is 2. The van der Waals surface area contributed by atoms with Crippen molar-refractivity contribution in [3.8, 4) is 16.9 Å². The molecule has 9 nitrogen and oxygen atoms in total. The normalized spacial score (nSPS) is 19.7. The maximum atomic E-state index is 14.3. The van der Waals surface area contributed by atoms with Crippen LogP contribution in [-0.4, -0.2) is 59.9 Å². The van der Waals surface area contributed by atoms with Gasteiger partial charge in [-0.3, -0.25) is 24.6 Å². The summed E-state index contributed by atoms with van der Waals surface area (Å²) in [6.07, 6.45) is -4.52. The van der Waals surface area contributed by atoms with Crippen molar-refractivity contribution in [2.75, 3.05) is 36.4 Å². The van der Waals surface area contributed by atoms with Crippen molar-refractivity contribution in [3.63, 3.8) is 0 Å². The Bertz CT molecular complexity index is 1910. The number of piperidine rings is 3. The number of hydrogen-bond donors (Lipinski definition) is 2. The lowest BCUT2D eigenvalue weighted by Crippen LogP contribution is -2.47. The number of nitrogens with zero attached hydrogens (tertiary/aromatic N) is 3. The number of nitrogens with one attached hydrogen (secondary N) is 2. The molecule has 53 heavy (non-hydrogen) atoms. The summed E-state index contributed by atoms with van der Waals surface area (Å²) in [6.45, 7) is 5.94. The molecule has 286 valence electrons. The molecule has 0 saturated carbocycles. The average Bonchev–Trinajstić information content (AvgIpc) is 3.10. The molecule has 0 bridgehead atoms. The number of rotatable bonds is 8. The van der Waals surface area contributed by atoms with Gasteiger partial charge in [-0.1, -0.05) is 12.1 Å². The lowest BCUT2D eigenvalue weighted by molar-refractivity contribution is -0.275. The van der Waals surface area contributed by atoms with Gasteiger partial charge in [-0.15, -0.1) is 13.2 Å². The number of aryl methyl sites for hydroxylation is 1. The number of ether oxygens (including phenoxy) is 1. The van der Waals surface area contributed by atoms with Gasteiger partial charge in [-0.05, 0) is 106 Å². The molecule has 1 atom stereocenters. The first kappa shape index (κ1) is 38.2. The number of amides is 2. The molecule has 2 N–H and O–H groups in total. The van der Waals surface area contributed by atoms with Crippen LogP contribution in [-0.2, 0) is 29.4 Å². The molecule has 3 saturated heterocycles. The maximum absolute atomic E-state index is 14.3. The van der Waals surface area contributed by atoms with Crippen LogP contribution in [0.15, 0.2) is 47.4 Å². The lowest BCUT2D eigenvalue weighted by atomic mass is 9.78. The molecule has 2 amide bonds. The number of carbonyl (C=O) groups excluding carboxylic acids is 2. The van der Waals surface area contributed by atoms with Gasteiger partial charge in [0.25, 0.3) is 5.56 Å². The number of carbonyl (C=O) groups is 2. The molecule has 1 unspecified atom stereocenters. The molecule has 0 aliphatic carbocycles. The van der Waals surface area contributed by atoms with Gasteiger partial charge in [0.1, 0.15) is 11.8 Å². The van der Waals surface area contributed by atoms with E-state index in [1.54, 1.807) is 44.1 Å². The van der Waals surface area contributed by atoms with E-state index in [0.717, 1.165) is 18.9 Å². The standard InChI is InChI=1S/C38H43F6N5O4/c1-22-23(2)36(52)47(3)21-29(22)26-4-5-27(33(18-26)53-38(42,43)44)20-48-14-10-24(11-15-48)25-12-16-49(17-13-25)32-8-6-28(19-30(32)37(39,40)41)45-31-7-9-34(50)46-35(31)51/h4-6,8,18-19,21,24-25,31,45H,7,9-17,20H2,1-3H3,(H,46,50,51). The first-order chi connectivity index (χ1) is 25.0. The monoisotopic (exact) mass is 747 g/mol. The van der Waals surface area contributed by atoms with E-state index in [4.69, 9.17) is 0 Å². The number of alkyl halides is 6. The fourth-order valence-corrected chi connectivity index (χ4v) is 7.94. The van der Waals surface area contributed by atoms with Crippen molar-refractivity contribution in [2.45, 2.75) is 77.5 Å². The van der Waals surface area contributed by atoms with Gasteiger partial charge >= 0.3 is 12.5 Å². The lowest BCUT2D eigenvalue weighted by Gasteiger charge is -2.41. The van der Waals surface area contributed by atoms with E-state index >= 15 is 0 Å². The molecule has 4 heterocycles. The molecule has 6 rings (SSSR count). The number of imide groups is 1. The summed E-state index contributed by atoms with van der Waals surface area (Å²) in [6, 6.07) is 7.95. The van der Waals surface area contributed by atoms with E-state index in [-0.39, 0.29) is 42.1 Å². The first-order valence-electron chi connectivity index (χ1n) is 17.8. The van der Waals surface area contributed by atoms with Crippen LogP contribution >= 0.6 is 0 Å². The second-order valence-corrected chi connectivity index (χ2v) is 14.4. The Morgan fingerprint density at radius 1 is 0.849 bits per heavy atom. The fourth-order valence-electron chi connectivity index (χ4n) is 7.94. The number of halogens is 6.